The van der Waals surface area contributed by atoms with Gasteiger partial charge < -0.3 is 0 Å². The lowest BCUT2D eigenvalue weighted by molar-refractivity contribution is 0.394. The van der Waals surface area contributed by atoms with Gasteiger partial charge in [0.15, 0.2) is 0 Å². The summed E-state index contributed by atoms with van der Waals surface area (Å²) in [7, 11) is -1.90. The van der Waals surface area contributed by atoms with Crippen LogP contribution in [0.25, 0.3) is 0 Å². The molecule has 1 atom stereocenters. The van der Waals surface area contributed by atoms with E-state index in [1.165, 1.54) is 22.6 Å². The second kappa shape index (κ2) is 5.26. The number of hydrogen-bond donors (Lipinski definition) is 0. The molecule has 18 heavy (non-hydrogen) atoms. The molecule has 0 aliphatic carbocycles. The van der Waals surface area contributed by atoms with Gasteiger partial charge in [0.25, 0.3) is 0 Å². The summed E-state index contributed by atoms with van der Waals surface area (Å²) in [6.45, 7) is 0. The molecule has 1 aliphatic rings. The van der Waals surface area contributed by atoms with Crippen molar-refractivity contribution in [2.75, 3.05) is 18.6 Å². The number of hydrogen-bond acceptors (Lipinski definition) is 5. The van der Waals surface area contributed by atoms with Crippen molar-refractivity contribution in [2.45, 2.75) is 17.4 Å². The number of thioether (sulfide) groups is 1. The lowest BCUT2D eigenvalue weighted by Crippen LogP contribution is -2.37. The number of nitriles is 1. The Morgan fingerprint density at radius 2 is 2.33 bits per heavy atom. The van der Waals surface area contributed by atoms with Crippen molar-refractivity contribution in [3.05, 3.63) is 24.0 Å². The van der Waals surface area contributed by atoms with Gasteiger partial charge in [0.1, 0.15) is 16.7 Å². The maximum absolute atomic E-state index is 12.3. The van der Waals surface area contributed by atoms with Crippen LogP contribution in [0.15, 0.2) is 23.2 Å². The van der Waals surface area contributed by atoms with E-state index in [1.54, 1.807) is 18.8 Å². The Hall–Kier alpha value is -1.10. The molecule has 0 amide bonds. The van der Waals surface area contributed by atoms with E-state index >= 15 is 0 Å². The minimum Gasteiger partial charge on any atom is -0.244 e. The molecule has 0 N–H and O–H groups in total. The van der Waals surface area contributed by atoms with Crippen LogP contribution in [0.3, 0.4) is 0 Å². The molecule has 0 bridgehead atoms. The first-order valence-electron chi connectivity index (χ1n) is 5.47. The normalized spacial score (nSPS) is 19.9. The first kappa shape index (κ1) is 13.3. The molecular formula is C11H13N3O2S2. The minimum absolute atomic E-state index is 0.0515. The first-order valence-corrected chi connectivity index (χ1v) is 8.07. The summed E-state index contributed by atoms with van der Waals surface area (Å²) < 4.78 is 26.0. The highest BCUT2D eigenvalue weighted by molar-refractivity contribution is 7.99. The van der Waals surface area contributed by atoms with Gasteiger partial charge in [-0.25, -0.2) is 13.4 Å². The van der Waals surface area contributed by atoms with Gasteiger partial charge in [-0.15, -0.1) is 0 Å². The van der Waals surface area contributed by atoms with E-state index in [2.05, 4.69) is 4.98 Å². The molecule has 0 saturated carbocycles. The van der Waals surface area contributed by atoms with Crippen molar-refractivity contribution >= 4 is 21.8 Å². The average molecular weight is 283 g/mol. The van der Waals surface area contributed by atoms with Crippen LogP contribution in [0.2, 0.25) is 0 Å². The number of aromatic nitrogens is 1. The molecule has 0 radical (unpaired) electrons. The zero-order valence-corrected chi connectivity index (χ0v) is 11.5. The maximum atomic E-state index is 12.3. The number of nitrogens with zero attached hydrogens (tertiary/aromatic N) is 3. The summed E-state index contributed by atoms with van der Waals surface area (Å²) in [6, 6.07) is 4.77. The van der Waals surface area contributed by atoms with Crippen LogP contribution < -0.4 is 0 Å². The Kier molecular flexibility index (Phi) is 3.90. The Bertz CT molecular complexity index is 557. The number of pyridine rings is 1. The largest absolute Gasteiger partial charge is 0.244 e. The molecule has 1 aromatic rings. The van der Waals surface area contributed by atoms with Crippen LogP contribution in [0.4, 0.5) is 0 Å². The number of rotatable bonds is 3. The minimum atomic E-state index is -3.50. The van der Waals surface area contributed by atoms with Gasteiger partial charge >= 0.3 is 0 Å². The van der Waals surface area contributed by atoms with E-state index in [-0.39, 0.29) is 16.6 Å². The van der Waals surface area contributed by atoms with E-state index < -0.39 is 10.0 Å². The molecule has 1 fully saturated rings. The van der Waals surface area contributed by atoms with Crippen LogP contribution >= 0.6 is 11.8 Å². The van der Waals surface area contributed by atoms with Crippen molar-refractivity contribution < 1.29 is 8.42 Å². The summed E-state index contributed by atoms with van der Waals surface area (Å²) in [5.74, 6) is 1.83. The Labute approximate surface area is 111 Å². The van der Waals surface area contributed by atoms with Gasteiger partial charge in [0, 0.05) is 25.0 Å². The molecular weight excluding hydrogens is 270 g/mol. The maximum Gasteiger partial charge on any atom is 0.244 e. The zero-order valence-electron chi connectivity index (χ0n) is 9.91. The molecule has 7 heteroatoms. The summed E-state index contributed by atoms with van der Waals surface area (Å²) >= 11 is 1.76. The number of sulfonamides is 1. The summed E-state index contributed by atoms with van der Waals surface area (Å²) in [5, 5.41) is 8.64. The van der Waals surface area contributed by atoms with E-state index in [0.717, 1.165) is 17.9 Å². The van der Waals surface area contributed by atoms with E-state index in [0.29, 0.717) is 0 Å². The summed E-state index contributed by atoms with van der Waals surface area (Å²) in [5.41, 5.74) is 0.216. The topological polar surface area (TPSA) is 74.1 Å². The Morgan fingerprint density at radius 1 is 1.56 bits per heavy atom. The fourth-order valence-electron chi connectivity index (χ4n) is 1.77. The van der Waals surface area contributed by atoms with Gasteiger partial charge in [-0.1, -0.05) is 0 Å². The molecule has 96 valence electrons. The second-order valence-electron chi connectivity index (χ2n) is 4.03. The second-order valence-corrected chi connectivity index (χ2v) is 7.18. The van der Waals surface area contributed by atoms with Gasteiger partial charge in [-0.2, -0.15) is 21.3 Å². The third-order valence-corrected chi connectivity index (χ3v) is 5.99. The van der Waals surface area contributed by atoms with E-state index in [1.807, 2.05) is 6.07 Å². The van der Waals surface area contributed by atoms with Crippen LogP contribution in [-0.2, 0) is 10.0 Å². The Balaban J connectivity index is 2.26. The van der Waals surface area contributed by atoms with Gasteiger partial charge in [-0.3, -0.25) is 0 Å². The average Bonchev–Trinajstić information content (AvgIpc) is 2.91. The third-order valence-electron chi connectivity index (χ3n) is 2.95. The highest BCUT2D eigenvalue weighted by Crippen LogP contribution is 2.25. The molecule has 5 nitrogen and oxygen atoms in total. The van der Waals surface area contributed by atoms with Crippen LogP contribution in [0, 0.1) is 11.3 Å². The van der Waals surface area contributed by atoms with Gasteiger partial charge in [-0.05, 0) is 24.3 Å². The molecule has 1 saturated heterocycles. The van der Waals surface area contributed by atoms with E-state index in [4.69, 9.17) is 5.26 Å². The standard InChI is InChI=1S/C11H13N3O2S2/c1-14(10-4-5-17-8-10)18(15,16)11-3-2-9(6-12)13-7-11/h2-3,7,10H,4-5,8H2,1H3. The SMILES string of the molecule is CN(C1CCSC1)S(=O)(=O)c1ccc(C#N)nc1. The molecule has 1 unspecified atom stereocenters. The van der Waals surface area contributed by atoms with Crippen molar-refractivity contribution in [1.82, 2.24) is 9.29 Å². The van der Waals surface area contributed by atoms with Crippen LogP contribution in [-0.4, -0.2) is 42.3 Å². The molecule has 0 spiro atoms. The fraction of sp³-hybridized carbons (Fsp3) is 0.455. The lowest BCUT2D eigenvalue weighted by Gasteiger charge is -2.22. The smallest absolute Gasteiger partial charge is 0.244 e. The van der Waals surface area contributed by atoms with Crippen LogP contribution in [0.1, 0.15) is 12.1 Å². The first-order chi connectivity index (χ1) is 8.55. The lowest BCUT2D eigenvalue weighted by atomic mass is 10.3. The highest BCUT2D eigenvalue weighted by Gasteiger charge is 2.30. The van der Waals surface area contributed by atoms with Gasteiger partial charge in [0.05, 0.1) is 0 Å². The predicted molar refractivity (Wildman–Crippen MR) is 69.6 cm³/mol. The van der Waals surface area contributed by atoms with E-state index in [9.17, 15) is 8.42 Å². The zero-order chi connectivity index (χ0) is 13.2. The summed E-state index contributed by atoms with van der Waals surface area (Å²) in [6.07, 6.45) is 2.12. The summed E-state index contributed by atoms with van der Waals surface area (Å²) in [4.78, 5) is 3.94. The predicted octanol–water partition coefficient (Wildman–Crippen LogP) is 1.08. The van der Waals surface area contributed by atoms with Crippen molar-refractivity contribution in [3.63, 3.8) is 0 Å². The quantitative estimate of drug-likeness (QED) is 0.830. The van der Waals surface area contributed by atoms with Gasteiger partial charge in [0.2, 0.25) is 10.0 Å². The monoisotopic (exact) mass is 283 g/mol. The molecule has 0 aromatic carbocycles. The fourth-order valence-corrected chi connectivity index (χ4v) is 4.46. The highest BCUT2D eigenvalue weighted by atomic mass is 32.2. The Morgan fingerprint density at radius 3 is 2.83 bits per heavy atom. The molecule has 1 aromatic heterocycles. The molecule has 1 aliphatic heterocycles. The molecule has 2 heterocycles. The molecule has 2 rings (SSSR count). The van der Waals surface area contributed by atoms with Crippen molar-refractivity contribution in [3.8, 4) is 6.07 Å². The van der Waals surface area contributed by atoms with Crippen LogP contribution in [0.5, 0.6) is 0 Å². The van der Waals surface area contributed by atoms with Crippen molar-refractivity contribution in [1.29, 1.82) is 5.26 Å². The third kappa shape index (κ3) is 2.51. The van der Waals surface area contributed by atoms with Crippen molar-refractivity contribution in [2.24, 2.45) is 0 Å².